The molecule has 0 radical (unpaired) electrons. The van der Waals surface area contributed by atoms with Crippen LogP contribution in [0.3, 0.4) is 0 Å². The maximum Gasteiger partial charge on any atom is 0.309 e. The predicted molar refractivity (Wildman–Crippen MR) is 124 cm³/mol. The minimum absolute atomic E-state index is 0.0285. The fraction of sp³-hybridized carbons (Fsp3) is 0.720. The first-order chi connectivity index (χ1) is 15.8. The molecule has 1 aromatic rings. The lowest BCUT2D eigenvalue weighted by atomic mass is 9.44. The standard InChI is InChI=1S/C25H36N4O4/c1-16-19-13-17-12-18(15-25(16,14-17)23(31)32)21(19)27-22(30)24(2,33-3)29-10-8-28(9-11-29)20-6-4-5-7-26-20/h4-7,16-19,21H,8-15H2,1-3H3,(H,27,30)(H,31,32). The SMILES string of the molecule is COC(C)(C(=O)NC1C2CC3CC1C(C)C(C(=O)O)(C3)C2)N1CCN(c2ccccn2)CC1. The van der Waals surface area contributed by atoms with Crippen LogP contribution in [0.15, 0.2) is 24.4 Å². The quantitative estimate of drug-likeness (QED) is 0.678. The molecule has 8 heteroatoms. The molecule has 2 N–H and O–H groups in total. The van der Waals surface area contributed by atoms with Gasteiger partial charge in [0.2, 0.25) is 0 Å². The van der Waals surface area contributed by atoms with Crippen molar-refractivity contribution in [1.82, 2.24) is 15.2 Å². The second-order valence-corrected chi connectivity index (χ2v) is 10.8. The van der Waals surface area contributed by atoms with Crippen LogP contribution in [0.1, 0.15) is 39.5 Å². The number of pyridine rings is 1. The minimum atomic E-state index is -1.06. The van der Waals surface area contributed by atoms with Crippen LogP contribution >= 0.6 is 0 Å². The third-order valence-corrected chi connectivity index (χ3v) is 9.40. The fourth-order valence-corrected chi connectivity index (χ4v) is 7.44. The summed E-state index contributed by atoms with van der Waals surface area (Å²) < 4.78 is 5.84. The minimum Gasteiger partial charge on any atom is -0.481 e. The molecule has 1 aromatic heterocycles. The molecule has 33 heavy (non-hydrogen) atoms. The number of hydrogen-bond acceptors (Lipinski definition) is 6. The van der Waals surface area contributed by atoms with E-state index in [9.17, 15) is 14.7 Å². The Morgan fingerprint density at radius 1 is 1.21 bits per heavy atom. The number of ether oxygens (including phenoxy) is 1. The number of carboxylic acid groups (broad SMARTS) is 1. The zero-order valence-electron chi connectivity index (χ0n) is 19.9. The highest BCUT2D eigenvalue weighted by Crippen LogP contribution is 2.62. The molecule has 6 rings (SSSR count). The Morgan fingerprint density at radius 3 is 2.61 bits per heavy atom. The summed E-state index contributed by atoms with van der Waals surface area (Å²) in [5.41, 5.74) is -1.66. The monoisotopic (exact) mass is 456 g/mol. The number of nitrogens with one attached hydrogen (secondary N) is 1. The smallest absolute Gasteiger partial charge is 0.309 e. The molecular formula is C25H36N4O4. The van der Waals surface area contributed by atoms with E-state index >= 15 is 0 Å². The molecule has 4 aliphatic carbocycles. The summed E-state index contributed by atoms with van der Waals surface area (Å²) in [5, 5.41) is 13.4. The molecule has 4 bridgehead atoms. The molecule has 8 nitrogen and oxygen atoms in total. The topological polar surface area (TPSA) is 95.0 Å². The highest BCUT2D eigenvalue weighted by Gasteiger charge is 2.63. The van der Waals surface area contributed by atoms with Crippen molar-refractivity contribution in [3.05, 3.63) is 24.4 Å². The normalized spacial score (nSPS) is 37.5. The second kappa shape index (κ2) is 8.24. The maximum atomic E-state index is 13.6. The van der Waals surface area contributed by atoms with Crippen LogP contribution in [-0.4, -0.2) is 71.9 Å². The summed E-state index contributed by atoms with van der Waals surface area (Å²) >= 11 is 0. The first kappa shape index (κ1) is 22.6. The molecule has 7 atom stereocenters. The second-order valence-electron chi connectivity index (χ2n) is 10.8. The number of nitrogens with zero attached hydrogens (tertiary/aromatic N) is 3. The van der Waals surface area contributed by atoms with Crippen molar-refractivity contribution >= 4 is 17.7 Å². The Labute approximate surface area is 195 Å². The maximum absolute atomic E-state index is 13.6. The average molecular weight is 457 g/mol. The van der Waals surface area contributed by atoms with Gasteiger partial charge in [0.05, 0.1) is 5.41 Å². The summed E-state index contributed by atoms with van der Waals surface area (Å²) in [6.07, 6.45) is 5.32. The number of methoxy groups -OCH3 is 1. The zero-order valence-corrected chi connectivity index (χ0v) is 19.9. The van der Waals surface area contributed by atoms with Crippen LogP contribution in [0.5, 0.6) is 0 Å². The van der Waals surface area contributed by atoms with Gasteiger partial charge in [-0.2, -0.15) is 0 Å². The van der Waals surface area contributed by atoms with Crippen molar-refractivity contribution in [2.24, 2.45) is 29.1 Å². The van der Waals surface area contributed by atoms with Crippen LogP contribution in [0, 0.1) is 29.1 Å². The summed E-state index contributed by atoms with van der Waals surface area (Å²) in [4.78, 5) is 34.6. The van der Waals surface area contributed by atoms with Crippen molar-refractivity contribution in [3.63, 3.8) is 0 Å². The Hall–Kier alpha value is -2.19. The summed E-state index contributed by atoms with van der Waals surface area (Å²) in [5.74, 6) is 1.21. The largest absolute Gasteiger partial charge is 0.481 e. The lowest BCUT2D eigenvalue weighted by molar-refractivity contribution is -0.186. The lowest BCUT2D eigenvalue weighted by Gasteiger charge is -2.62. The first-order valence-corrected chi connectivity index (χ1v) is 12.3. The van der Waals surface area contributed by atoms with Gasteiger partial charge in [-0.3, -0.25) is 14.5 Å². The Morgan fingerprint density at radius 2 is 1.97 bits per heavy atom. The van der Waals surface area contributed by atoms with Crippen molar-refractivity contribution in [2.75, 3.05) is 38.2 Å². The molecule has 2 heterocycles. The van der Waals surface area contributed by atoms with Crippen LogP contribution in [0.2, 0.25) is 0 Å². The van der Waals surface area contributed by atoms with E-state index in [-0.39, 0.29) is 29.7 Å². The number of carbonyl (C=O) groups is 2. The summed E-state index contributed by atoms with van der Waals surface area (Å²) in [6.45, 7) is 6.90. The number of carbonyl (C=O) groups excluding carboxylic acids is 1. The molecule has 180 valence electrons. The van der Waals surface area contributed by atoms with Gasteiger partial charge in [-0.05, 0) is 68.4 Å². The van der Waals surface area contributed by atoms with E-state index in [1.807, 2.05) is 25.1 Å². The number of carboxylic acids is 1. The average Bonchev–Trinajstić information content (AvgIpc) is 2.84. The molecule has 5 fully saturated rings. The Balaban J connectivity index is 1.27. The number of anilines is 1. The van der Waals surface area contributed by atoms with Gasteiger partial charge in [0, 0.05) is 45.5 Å². The third-order valence-electron chi connectivity index (χ3n) is 9.40. The van der Waals surface area contributed by atoms with E-state index < -0.39 is 17.1 Å². The van der Waals surface area contributed by atoms with Crippen LogP contribution in [0.4, 0.5) is 5.82 Å². The highest BCUT2D eigenvalue weighted by atomic mass is 16.5. The summed E-state index contributed by atoms with van der Waals surface area (Å²) in [6, 6.07) is 5.94. The Kier molecular flexibility index (Phi) is 5.64. The molecule has 7 unspecified atom stereocenters. The number of amides is 1. The highest BCUT2D eigenvalue weighted by molar-refractivity contribution is 5.85. The van der Waals surface area contributed by atoms with Gasteiger partial charge in [0.1, 0.15) is 5.82 Å². The van der Waals surface area contributed by atoms with Crippen LogP contribution in [0.25, 0.3) is 0 Å². The first-order valence-electron chi connectivity index (χ1n) is 12.3. The molecule has 1 aliphatic heterocycles. The number of aromatic nitrogens is 1. The van der Waals surface area contributed by atoms with E-state index in [1.165, 1.54) is 0 Å². The van der Waals surface area contributed by atoms with E-state index in [1.54, 1.807) is 13.3 Å². The lowest BCUT2D eigenvalue weighted by Crippen LogP contribution is -2.69. The van der Waals surface area contributed by atoms with E-state index in [4.69, 9.17) is 4.74 Å². The molecule has 1 saturated heterocycles. The molecule has 0 aromatic carbocycles. The zero-order chi connectivity index (χ0) is 23.4. The molecular weight excluding hydrogens is 420 g/mol. The van der Waals surface area contributed by atoms with Crippen molar-refractivity contribution in [3.8, 4) is 0 Å². The van der Waals surface area contributed by atoms with E-state index in [0.29, 0.717) is 25.4 Å². The molecule has 0 spiro atoms. The predicted octanol–water partition coefficient (Wildman–Crippen LogP) is 2.21. The van der Waals surface area contributed by atoms with Gasteiger partial charge in [0.25, 0.3) is 5.91 Å². The third kappa shape index (κ3) is 3.53. The molecule has 5 aliphatic rings. The van der Waals surface area contributed by atoms with Gasteiger partial charge in [-0.15, -0.1) is 0 Å². The molecule has 1 amide bonds. The van der Waals surface area contributed by atoms with Gasteiger partial charge in [-0.25, -0.2) is 4.98 Å². The van der Waals surface area contributed by atoms with E-state index in [0.717, 1.165) is 38.2 Å². The van der Waals surface area contributed by atoms with Gasteiger partial charge >= 0.3 is 5.97 Å². The Bertz CT molecular complexity index is 905. The van der Waals surface area contributed by atoms with Crippen molar-refractivity contribution < 1.29 is 19.4 Å². The number of rotatable bonds is 6. The van der Waals surface area contributed by atoms with Crippen LogP contribution < -0.4 is 10.2 Å². The number of piperazine rings is 1. The van der Waals surface area contributed by atoms with Gasteiger partial charge in [0.15, 0.2) is 5.72 Å². The molecule has 4 saturated carbocycles. The van der Waals surface area contributed by atoms with Crippen molar-refractivity contribution in [2.45, 2.75) is 51.3 Å². The number of aliphatic carboxylic acids is 1. The van der Waals surface area contributed by atoms with Crippen LogP contribution in [-0.2, 0) is 14.3 Å². The summed E-state index contributed by atoms with van der Waals surface area (Å²) in [7, 11) is 1.60. The fourth-order valence-electron chi connectivity index (χ4n) is 7.44. The van der Waals surface area contributed by atoms with Crippen molar-refractivity contribution in [1.29, 1.82) is 0 Å². The number of hydrogen-bond donors (Lipinski definition) is 2. The van der Waals surface area contributed by atoms with E-state index in [2.05, 4.69) is 27.0 Å². The van der Waals surface area contributed by atoms with Gasteiger partial charge < -0.3 is 20.1 Å². The van der Waals surface area contributed by atoms with Gasteiger partial charge in [-0.1, -0.05) is 13.0 Å².